The Morgan fingerprint density at radius 1 is 1.11 bits per heavy atom. The van der Waals surface area contributed by atoms with Crippen molar-refractivity contribution in [3.63, 3.8) is 0 Å². The number of pyridine rings is 1. The Bertz CT molecular complexity index is 1500. The van der Waals surface area contributed by atoms with Crippen LogP contribution in [0.1, 0.15) is 29.4 Å². The summed E-state index contributed by atoms with van der Waals surface area (Å²) in [6, 6.07) is 11.7. The van der Waals surface area contributed by atoms with Crippen LogP contribution in [0.3, 0.4) is 0 Å². The minimum absolute atomic E-state index is 0.0855. The first-order valence-corrected chi connectivity index (χ1v) is 11.9. The number of carbonyl (C=O) groups is 3. The molecule has 1 aromatic carbocycles. The van der Waals surface area contributed by atoms with Gasteiger partial charge in [0.05, 0.1) is 18.9 Å². The number of fused-ring (bicyclic) bond motifs is 1. The Kier molecular flexibility index (Phi) is 6.47. The summed E-state index contributed by atoms with van der Waals surface area (Å²) in [4.78, 5) is 44.2. The molecule has 0 spiro atoms. The van der Waals surface area contributed by atoms with E-state index in [0.29, 0.717) is 22.3 Å². The van der Waals surface area contributed by atoms with Crippen LogP contribution in [0, 0.1) is 6.92 Å². The molecule has 0 unspecified atom stereocenters. The highest BCUT2D eigenvalue weighted by atomic mass is 19.1. The summed E-state index contributed by atoms with van der Waals surface area (Å²) in [5.74, 6) is -0.688. The van der Waals surface area contributed by atoms with E-state index in [9.17, 15) is 18.8 Å². The first-order valence-electron chi connectivity index (χ1n) is 11.9. The Labute approximate surface area is 212 Å². The van der Waals surface area contributed by atoms with Crippen molar-refractivity contribution >= 4 is 34.3 Å². The molecule has 188 valence electrons. The van der Waals surface area contributed by atoms with Crippen LogP contribution >= 0.6 is 0 Å². The molecule has 1 aliphatic rings. The molecule has 3 aromatic heterocycles. The van der Waals surface area contributed by atoms with Crippen molar-refractivity contribution < 1.29 is 18.8 Å². The van der Waals surface area contributed by atoms with Gasteiger partial charge in [-0.1, -0.05) is 12.1 Å². The van der Waals surface area contributed by atoms with Crippen LogP contribution in [0.5, 0.6) is 0 Å². The van der Waals surface area contributed by atoms with Gasteiger partial charge >= 0.3 is 0 Å². The molecule has 0 aliphatic carbocycles. The number of amides is 2. The summed E-state index contributed by atoms with van der Waals surface area (Å²) in [6.07, 6.45) is 3.46. The molecule has 4 aromatic rings. The standard InChI is InChI=1S/C27H25FN6O3/c1-16-4-3-5-25(31-16)32-27(37)24-11-20(28)13-34(24)26(36)15-33-14-22(17(2)35)21-10-18(6-7-23(21)33)19-8-9-29-30-12-19/h3-10,12,14,20,24H,11,13,15H2,1-2H3,(H,31,32,37)/t20-,24+/m1/s1. The predicted octanol–water partition coefficient (Wildman–Crippen LogP) is 3.58. The third kappa shape index (κ3) is 4.95. The molecule has 0 bridgehead atoms. The van der Waals surface area contributed by atoms with E-state index < -0.39 is 24.0 Å². The minimum atomic E-state index is -1.31. The Balaban J connectivity index is 1.41. The van der Waals surface area contributed by atoms with Crippen LogP contribution < -0.4 is 5.32 Å². The van der Waals surface area contributed by atoms with E-state index in [2.05, 4.69) is 20.5 Å². The molecule has 4 heterocycles. The van der Waals surface area contributed by atoms with E-state index in [1.165, 1.54) is 11.8 Å². The van der Waals surface area contributed by atoms with Gasteiger partial charge in [-0.2, -0.15) is 10.2 Å². The van der Waals surface area contributed by atoms with E-state index in [1.54, 1.807) is 48.3 Å². The van der Waals surface area contributed by atoms with Crippen LogP contribution in [0.25, 0.3) is 22.0 Å². The zero-order valence-corrected chi connectivity index (χ0v) is 20.4. The van der Waals surface area contributed by atoms with Crippen LogP contribution in [-0.2, 0) is 16.1 Å². The Morgan fingerprint density at radius 3 is 2.68 bits per heavy atom. The van der Waals surface area contributed by atoms with E-state index in [-0.39, 0.29) is 25.3 Å². The largest absolute Gasteiger partial charge is 0.337 e. The average molecular weight is 501 g/mol. The molecule has 1 aliphatic heterocycles. The fourth-order valence-electron chi connectivity index (χ4n) is 4.72. The number of ketones is 1. The summed E-state index contributed by atoms with van der Waals surface area (Å²) >= 11 is 0. The number of aromatic nitrogens is 4. The second-order valence-corrected chi connectivity index (χ2v) is 9.14. The lowest BCUT2D eigenvalue weighted by atomic mass is 10.0. The van der Waals surface area contributed by atoms with Gasteiger partial charge in [0.15, 0.2) is 5.78 Å². The molecule has 37 heavy (non-hydrogen) atoms. The van der Waals surface area contributed by atoms with Crippen molar-refractivity contribution in [2.24, 2.45) is 0 Å². The number of likely N-dealkylation sites (tertiary alicyclic amines) is 1. The van der Waals surface area contributed by atoms with Gasteiger partial charge in [0.2, 0.25) is 11.8 Å². The quantitative estimate of drug-likeness (QED) is 0.405. The van der Waals surface area contributed by atoms with Crippen molar-refractivity contribution in [2.75, 3.05) is 11.9 Å². The number of anilines is 1. The number of hydrogen-bond acceptors (Lipinski definition) is 6. The Hall–Kier alpha value is -4.47. The average Bonchev–Trinajstić information content (AvgIpc) is 3.45. The zero-order valence-electron chi connectivity index (χ0n) is 20.4. The molecule has 0 radical (unpaired) electrons. The van der Waals surface area contributed by atoms with E-state index >= 15 is 0 Å². The topological polar surface area (TPSA) is 110 Å². The third-order valence-corrected chi connectivity index (χ3v) is 6.50. The molecule has 5 rings (SSSR count). The van der Waals surface area contributed by atoms with Crippen LogP contribution in [0.2, 0.25) is 0 Å². The van der Waals surface area contributed by atoms with E-state index in [4.69, 9.17) is 0 Å². The molecule has 1 N–H and O–H groups in total. The maximum atomic E-state index is 14.4. The highest BCUT2D eigenvalue weighted by Gasteiger charge is 2.40. The molecule has 9 nitrogen and oxygen atoms in total. The minimum Gasteiger partial charge on any atom is -0.337 e. The molecular weight excluding hydrogens is 475 g/mol. The van der Waals surface area contributed by atoms with Crippen molar-refractivity contribution in [3.05, 3.63) is 72.3 Å². The van der Waals surface area contributed by atoms with Crippen molar-refractivity contribution in [3.8, 4) is 11.1 Å². The number of halogens is 1. The lowest BCUT2D eigenvalue weighted by Gasteiger charge is -2.24. The van der Waals surface area contributed by atoms with Gasteiger partial charge in [-0.25, -0.2) is 9.37 Å². The number of benzene rings is 1. The van der Waals surface area contributed by atoms with Crippen LogP contribution in [0.15, 0.2) is 61.1 Å². The highest BCUT2D eigenvalue weighted by molar-refractivity contribution is 6.08. The van der Waals surface area contributed by atoms with Gasteiger partial charge in [-0.15, -0.1) is 0 Å². The smallest absolute Gasteiger partial charge is 0.248 e. The predicted molar refractivity (Wildman–Crippen MR) is 136 cm³/mol. The maximum Gasteiger partial charge on any atom is 0.248 e. The molecule has 1 fully saturated rings. The van der Waals surface area contributed by atoms with Crippen molar-refractivity contribution in [1.82, 2.24) is 24.6 Å². The van der Waals surface area contributed by atoms with Gasteiger partial charge in [0, 0.05) is 40.3 Å². The summed E-state index contributed by atoms with van der Waals surface area (Å²) < 4.78 is 16.1. The number of carbonyl (C=O) groups excluding carboxylic acids is 3. The Morgan fingerprint density at radius 2 is 1.95 bits per heavy atom. The first kappa shape index (κ1) is 24.2. The summed E-state index contributed by atoms with van der Waals surface area (Å²) in [5, 5.41) is 11.1. The second-order valence-electron chi connectivity index (χ2n) is 9.14. The monoisotopic (exact) mass is 500 g/mol. The lowest BCUT2D eigenvalue weighted by Crippen LogP contribution is -2.44. The first-order chi connectivity index (χ1) is 17.8. The number of hydrogen-bond donors (Lipinski definition) is 1. The van der Waals surface area contributed by atoms with Crippen molar-refractivity contribution in [1.29, 1.82) is 0 Å². The van der Waals surface area contributed by atoms with Crippen LogP contribution in [0.4, 0.5) is 10.2 Å². The lowest BCUT2D eigenvalue weighted by molar-refractivity contribution is -0.137. The normalized spacial score (nSPS) is 17.2. The van der Waals surface area contributed by atoms with Gasteiger partial charge in [-0.3, -0.25) is 14.4 Å². The number of nitrogens with one attached hydrogen (secondary N) is 1. The summed E-state index contributed by atoms with van der Waals surface area (Å²) in [6.45, 7) is 2.96. The number of alkyl halides is 1. The fraction of sp³-hybridized carbons (Fsp3) is 0.259. The molecule has 2 atom stereocenters. The highest BCUT2D eigenvalue weighted by Crippen LogP contribution is 2.29. The van der Waals surface area contributed by atoms with Crippen molar-refractivity contribution in [2.45, 2.75) is 39.0 Å². The summed E-state index contributed by atoms with van der Waals surface area (Å²) in [5.41, 5.74) is 3.58. The van der Waals surface area contributed by atoms with E-state index in [0.717, 1.165) is 16.8 Å². The van der Waals surface area contributed by atoms with Crippen LogP contribution in [-0.4, -0.2) is 61.0 Å². The molecule has 1 saturated heterocycles. The SMILES string of the molecule is CC(=O)c1cn(CC(=O)N2C[C@H](F)C[C@H]2C(=O)Nc2cccc(C)n2)c2ccc(-c3ccnnc3)cc12. The second kappa shape index (κ2) is 9.88. The van der Waals surface area contributed by atoms with Gasteiger partial charge in [0.1, 0.15) is 24.6 Å². The molecule has 10 heteroatoms. The van der Waals surface area contributed by atoms with Gasteiger partial charge in [-0.05, 0) is 49.7 Å². The number of Topliss-reactive ketones (excluding diaryl/α,β-unsaturated/α-hetero) is 1. The molecular formula is C27H25FN6O3. The molecule has 2 amide bonds. The fourth-order valence-corrected chi connectivity index (χ4v) is 4.72. The zero-order chi connectivity index (χ0) is 26.1. The molecule has 0 saturated carbocycles. The van der Waals surface area contributed by atoms with Gasteiger partial charge in [0.25, 0.3) is 0 Å². The van der Waals surface area contributed by atoms with E-state index in [1.807, 2.05) is 24.3 Å². The number of rotatable bonds is 6. The summed E-state index contributed by atoms with van der Waals surface area (Å²) in [7, 11) is 0. The maximum absolute atomic E-state index is 14.4. The third-order valence-electron chi connectivity index (χ3n) is 6.50. The number of nitrogens with zero attached hydrogens (tertiary/aromatic N) is 5. The number of aryl methyl sites for hydroxylation is 1. The van der Waals surface area contributed by atoms with Gasteiger partial charge < -0.3 is 14.8 Å².